The van der Waals surface area contributed by atoms with Crippen LogP contribution >= 0.6 is 15.9 Å². The third-order valence-electron chi connectivity index (χ3n) is 2.60. The predicted octanol–water partition coefficient (Wildman–Crippen LogP) is 1.18. The van der Waals surface area contributed by atoms with Gasteiger partial charge in [0, 0.05) is 18.1 Å². The zero-order chi connectivity index (χ0) is 15.3. The molecule has 0 bridgehead atoms. The molecule has 0 saturated carbocycles. The van der Waals surface area contributed by atoms with E-state index in [-0.39, 0.29) is 23.0 Å². The highest BCUT2D eigenvalue weighted by atomic mass is 79.9. The van der Waals surface area contributed by atoms with Crippen LogP contribution in [-0.2, 0) is 14.8 Å². The molecule has 3 N–H and O–H groups in total. The molecule has 0 atom stereocenters. The fourth-order valence-electron chi connectivity index (χ4n) is 1.51. The van der Waals surface area contributed by atoms with Gasteiger partial charge in [0.25, 0.3) is 0 Å². The Labute approximate surface area is 127 Å². The van der Waals surface area contributed by atoms with E-state index in [2.05, 4.69) is 21.2 Å². The van der Waals surface area contributed by atoms with Gasteiger partial charge in [0.15, 0.2) is 0 Å². The number of sulfonamides is 1. The quantitative estimate of drug-likeness (QED) is 0.742. The maximum Gasteiger partial charge on any atom is 0.245 e. The van der Waals surface area contributed by atoms with E-state index >= 15 is 0 Å². The minimum atomic E-state index is -3.79. The van der Waals surface area contributed by atoms with Crippen molar-refractivity contribution in [3.05, 3.63) is 22.7 Å². The summed E-state index contributed by atoms with van der Waals surface area (Å²) in [5.74, 6) is -0.341. The monoisotopic (exact) mass is 363 g/mol. The molecule has 0 aromatic heterocycles. The van der Waals surface area contributed by atoms with Crippen LogP contribution in [-0.4, -0.2) is 38.8 Å². The first-order chi connectivity index (χ1) is 9.28. The van der Waals surface area contributed by atoms with Crippen molar-refractivity contribution in [2.75, 3.05) is 25.9 Å². The second kappa shape index (κ2) is 7.05. The standard InChI is InChI=1S/C12H18BrN3O3S/c1-3-6-15-12(17)8-16(2)20(18,19)11-7-9(13)4-5-10(11)14/h4-5,7H,3,6,8,14H2,1-2H3,(H,15,17). The van der Waals surface area contributed by atoms with E-state index in [9.17, 15) is 13.2 Å². The lowest BCUT2D eigenvalue weighted by Crippen LogP contribution is -2.38. The van der Waals surface area contributed by atoms with E-state index in [4.69, 9.17) is 5.73 Å². The molecule has 0 radical (unpaired) electrons. The van der Waals surface area contributed by atoms with Crippen LogP contribution in [0.4, 0.5) is 5.69 Å². The molecule has 6 nitrogen and oxygen atoms in total. The molecule has 0 saturated heterocycles. The van der Waals surface area contributed by atoms with Crippen LogP contribution in [0.5, 0.6) is 0 Å². The summed E-state index contributed by atoms with van der Waals surface area (Å²) in [6, 6.07) is 4.58. The van der Waals surface area contributed by atoms with E-state index < -0.39 is 10.0 Å². The first-order valence-corrected chi connectivity index (χ1v) is 8.30. The molecule has 0 aliphatic rings. The number of carbonyl (C=O) groups is 1. The van der Waals surface area contributed by atoms with Gasteiger partial charge < -0.3 is 11.1 Å². The molecule has 1 amide bonds. The number of benzene rings is 1. The number of halogens is 1. The molecule has 0 aliphatic heterocycles. The molecular formula is C12H18BrN3O3S. The van der Waals surface area contributed by atoms with Crippen LogP contribution in [0.25, 0.3) is 0 Å². The summed E-state index contributed by atoms with van der Waals surface area (Å²) < 4.78 is 26.3. The fraction of sp³-hybridized carbons (Fsp3) is 0.417. The van der Waals surface area contributed by atoms with Gasteiger partial charge in [-0.25, -0.2) is 8.42 Å². The number of likely N-dealkylation sites (N-methyl/N-ethyl adjacent to an activating group) is 1. The van der Waals surface area contributed by atoms with E-state index in [1.165, 1.54) is 19.2 Å². The normalized spacial score (nSPS) is 11.6. The van der Waals surface area contributed by atoms with Gasteiger partial charge in [-0.15, -0.1) is 0 Å². The number of carbonyl (C=O) groups excluding carboxylic acids is 1. The maximum absolute atomic E-state index is 12.4. The molecule has 1 aromatic carbocycles. The van der Waals surface area contributed by atoms with Crippen LogP contribution in [0.2, 0.25) is 0 Å². The van der Waals surface area contributed by atoms with E-state index in [0.717, 1.165) is 10.7 Å². The summed E-state index contributed by atoms with van der Waals surface area (Å²) >= 11 is 3.21. The van der Waals surface area contributed by atoms with Crippen molar-refractivity contribution in [2.45, 2.75) is 18.2 Å². The largest absolute Gasteiger partial charge is 0.398 e. The van der Waals surface area contributed by atoms with Crippen molar-refractivity contribution in [2.24, 2.45) is 0 Å². The highest BCUT2D eigenvalue weighted by Gasteiger charge is 2.25. The van der Waals surface area contributed by atoms with E-state index in [1.807, 2.05) is 6.92 Å². The molecule has 1 rings (SSSR count). The van der Waals surface area contributed by atoms with E-state index in [1.54, 1.807) is 6.07 Å². The smallest absolute Gasteiger partial charge is 0.245 e. The van der Waals surface area contributed by atoms with Gasteiger partial charge in [-0.2, -0.15) is 4.31 Å². The first-order valence-electron chi connectivity index (χ1n) is 6.07. The molecule has 8 heteroatoms. The third kappa shape index (κ3) is 4.19. The van der Waals surface area contributed by atoms with Gasteiger partial charge in [-0.1, -0.05) is 22.9 Å². The number of nitrogens with one attached hydrogen (secondary N) is 1. The molecule has 0 spiro atoms. The Morgan fingerprint density at radius 2 is 2.10 bits per heavy atom. The van der Waals surface area contributed by atoms with Crippen molar-refractivity contribution in [1.82, 2.24) is 9.62 Å². The molecule has 20 heavy (non-hydrogen) atoms. The van der Waals surface area contributed by atoms with Gasteiger partial charge in [0.05, 0.1) is 12.2 Å². The Morgan fingerprint density at radius 3 is 2.70 bits per heavy atom. The molecule has 0 aliphatic carbocycles. The lowest BCUT2D eigenvalue weighted by molar-refractivity contribution is -0.121. The molecule has 0 unspecified atom stereocenters. The Balaban J connectivity index is 2.93. The minimum absolute atomic E-state index is 0.0160. The molecule has 112 valence electrons. The fourth-order valence-corrected chi connectivity index (χ4v) is 3.28. The number of nitrogens with two attached hydrogens (primary N) is 1. The molecular weight excluding hydrogens is 346 g/mol. The van der Waals surface area contributed by atoms with Gasteiger partial charge >= 0.3 is 0 Å². The van der Waals surface area contributed by atoms with Crippen molar-refractivity contribution in [3.63, 3.8) is 0 Å². The molecule has 0 heterocycles. The number of amides is 1. The van der Waals surface area contributed by atoms with Gasteiger partial charge in [-0.3, -0.25) is 4.79 Å². The summed E-state index contributed by atoms with van der Waals surface area (Å²) in [6.45, 7) is 2.20. The van der Waals surface area contributed by atoms with Gasteiger partial charge in [-0.05, 0) is 24.6 Å². The van der Waals surface area contributed by atoms with Crippen LogP contribution in [0, 0.1) is 0 Å². The Bertz CT molecular complexity index is 590. The highest BCUT2D eigenvalue weighted by Crippen LogP contribution is 2.25. The topological polar surface area (TPSA) is 92.5 Å². The second-order valence-electron chi connectivity index (χ2n) is 4.29. The Morgan fingerprint density at radius 1 is 1.45 bits per heavy atom. The zero-order valence-corrected chi connectivity index (χ0v) is 13.8. The van der Waals surface area contributed by atoms with Crippen molar-refractivity contribution < 1.29 is 13.2 Å². The van der Waals surface area contributed by atoms with Crippen molar-refractivity contribution in [3.8, 4) is 0 Å². The number of nitrogens with zero attached hydrogens (tertiary/aromatic N) is 1. The Kier molecular flexibility index (Phi) is 5.97. The van der Waals surface area contributed by atoms with Crippen molar-refractivity contribution in [1.29, 1.82) is 0 Å². The number of hydrogen-bond acceptors (Lipinski definition) is 4. The summed E-state index contributed by atoms with van der Waals surface area (Å²) in [5.41, 5.74) is 5.84. The lowest BCUT2D eigenvalue weighted by atomic mass is 10.3. The van der Waals surface area contributed by atoms with Crippen LogP contribution in [0.1, 0.15) is 13.3 Å². The lowest BCUT2D eigenvalue weighted by Gasteiger charge is -2.18. The van der Waals surface area contributed by atoms with Crippen LogP contribution in [0.15, 0.2) is 27.6 Å². The summed E-state index contributed by atoms with van der Waals surface area (Å²) in [4.78, 5) is 11.6. The van der Waals surface area contributed by atoms with E-state index in [0.29, 0.717) is 11.0 Å². The number of hydrogen-bond donors (Lipinski definition) is 2. The summed E-state index contributed by atoms with van der Waals surface area (Å²) in [6.07, 6.45) is 0.792. The average molecular weight is 364 g/mol. The second-order valence-corrected chi connectivity index (χ2v) is 7.22. The summed E-state index contributed by atoms with van der Waals surface area (Å²) in [5, 5.41) is 2.63. The minimum Gasteiger partial charge on any atom is -0.398 e. The van der Waals surface area contributed by atoms with Gasteiger partial charge in [0.1, 0.15) is 4.90 Å². The molecule has 1 aromatic rings. The SMILES string of the molecule is CCCNC(=O)CN(C)S(=O)(=O)c1cc(Br)ccc1N. The van der Waals surface area contributed by atoms with Crippen LogP contribution in [0.3, 0.4) is 0 Å². The van der Waals surface area contributed by atoms with Crippen molar-refractivity contribution >= 4 is 37.5 Å². The maximum atomic E-state index is 12.4. The average Bonchev–Trinajstić information content (AvgIpc) is 2.38. The van der Waals surface area contributed by atoms with Gasteiger partial charge in [0.2, 0.25) is 15.9 Å². The predicted molar refractivity (Wildman–Crippen MR) is 81.7 cm³/mol. The zero-order valence-electron chi connectivity index (χ0n) is 11.4. The number of rotatable bonds is 6. The van der Waals surface area contributed by atoms with Crippen LogP contribution < -0.4 is 11.1 Å². The molecule has 0 fully saturated rings. The highest BCUT2D eigenvalue weighted by molar-refractivity contribution is 9.10. The number of nitrogen functional groups attached to an aromatic ring is 1. The summed E-state index contributed by atoms with van der Waals surface area (Å²) in [7, 11) is -2.45. The Hall–Kier alpha value is -1.12. The number of anilines is 1. The first kappa shape index (κ1) is 16.9. The third-order valence-corrected chi connectivity index (χ3v) is 4.95.